The molecule has 2 atom stereocenters. The van der Waals surface area contributed by atoms with E-state index in [-0.39, 0.29) is 17.2 Å². The van der Waals surface area contributed by atoms with Crippen LogP contribution in [0, 0.1) is 17.3 Å². The molecular formula is C12H21NO3. The SMILES string of the molecule is CCCC(C)(C)CNC(=O)C1CC1C(=O)O. The summed E-state index contributed by atoms with van der Waals surface area (Å²) in [5, 5.41) is 11.6. The molecule has 1 aliphatic carbocycles. The largest absolute Gasteiger partial charge is 0.481 e. The van der Waals surface area contributed by atoms with E-state index in [1.165, 1.54) is 0 Å². The van der Waals surface area contributed by atoms with Gasteiger partial charge in [-0.25, -0.2) is 0 Å². The molecule has 1 fully saturated rings. The first-order valence-corrected chi connectivity index (χ1v) is 5.88. The van der Waals surface area contributed by atoms with Crippen molar-refractivity contribution < 1.29 is 14.7 Å². The molecule has 1 aliphatic rings. The summed E-state index contributed by atoms with van der Waals surface area (Å²) in [5.41, 5.74) is 0.0953. The fourth-order valence-corrected chi connectivity index (χ4v) is 1.98. The number of hydrogen-bond acceptors (Lipinski definition) is 2. The molecule has 1 saturated carbocycles. The smallest absolute Gasteiger partial charge is 0.307 e. The van der Waals surface area contributed by atoms with Gasteiger partial charge in [0.1, 0.15) is 0 Å². The summed E-state index contributed by atoms with van der Waals surface area (Å²) in [6.07, 6.45) is 2.64. The monoisotopic (exact) mass is 227 g/mol. The highest BCUT2D eigenvalue weighted by atomic mass is 16.4. The lowest BCUT2D eigenvalue weighted by Gasteiger charge is -2.24. The number of aliphatic carboxylic acids is 1. The molecule has 92 valence electrons. The molecule has 0 aliphatic heterocycles. The average Bonchev–Trinajstić information content (AvgIpc) is 2.93. The van der Waals surface area contributed by atoms with Crippen LogP contribution in [0.2, 0.25) is 0 Å². The number of nitrogens with one attached hydrogen (secondary N) is 1. The first-order valence-electron chi connectivity index (χ1n) is 5.88. The minimum Gasteiger partial charge on any atom is -0.481 e. The van der Waals surface area contributed by atoms with E-state index in [1.54, 1.807) is 0 Å². The molecule has 0 radical (unpaired) electrons. The maximum absolute atomic E-state index is 11.6. The van der Waals surface area contributed by atoms with E-state index >= 15 is 0 Å². The van der Waals surface area contributed by atoms with Gasteiger partial charge in [-0.2, -0.15) is 0 Å². The first-order chi connectivity index (χ1) is 7.37. The highest BCUT2D eigenvalue weighted by Gasteiger charge is 2.48. The van der Waals surface area contributed by atoms with E-state index in [9.17, 15) is 9.59 Å². The summed E-state index contributed by atoms with van der Waals surface area (Å²) < 4.78 is 0. The van der Waals surface area contributed by atoms with E-state index < -0.39 is 11.9 Å². The van der Waals surface area contributed by atoms with Gasteiger partial charge in [0.25, 0.3) is 0 Å². The number of carboxylic acid groups (broad SMARTS) is 1. The Bertz CT molecular complexity index is 286. The molecule has 4 heteroatoms. The zero-order chi connectivity index (χ0) is 12.3. The van der Waals surface area contributed by atoms with Crippen molar-refractivity contribution in [2.75, 3.05) is 6.54 Å². The van der Waals surface area contributed by atoms with Gasteiger partial charge in [0.15, 0.2) is 0 Å². The van der Waals surface area contributed by atoms with E-state index in [2.05, 4.69) is 26.1 Å². The molecule has 0 aromatic rings. The number of rotatable bonds is 6. The second-order valence-corrected chi connectivity index (χ2v) is 5.42. The standard InChI is InChI=1S/C12H21NO3/c1-4-5-12(2,3)7-13-10(14)8-6-9(8)11(15)16/h8-9H,4-7H2,1-3H3,(H,13,14)(H,15,16). The molecule has 0 aromatic carbocycles. The van der Waals surface area contributed by atoms with E-state index in [1.807, 2.05) is 0 Å². The van der Waals surface area contributed by atoms with Crippen molar-refractivity contribution >= 4 is 11.9 Å². The molecule has 16 heavy (non-hydrogen) atoms. The van der Waals surface area contributed by atoms with Crippen molar-refractivity contribution in [1.82, 2.24) is 5.32 Å². The number of carbonyl (C=O) groups is 2. The Morgan fingerprint density at radius 1 is 1.38 bits per heavy atom. The van der Waals surface area contributed by atoms with Crippen LogP contribution < -0.4 is 5.32 Å². The Labute approximate surface area is 96.4 Å². The van der Waals surface area contributed by atoms with Crippen molar-refractivity contribution in [3.05, 3.63) is 0 Å². The summed E-state index contributed by atoms with van der Waals surface area (Å²) in [6.45, 7) is 6.96. The third-order valence-electron chi connectivity index (χ3n) is 3.11. The van der Waals surface area contributed by atoms with Crippen molar-refractivity contribution in [1.29, 1.82) is 0 Å². The zero-order valence-corrected chi connectivity index (χ0v) is 10.2. The molecular weight excluding hydrogens is 206 g/mol. The second-order valence-electron chi connectivity index (χ2n) is 5.42. The van der Waals surface area contributed by atoms with E-state index in [0.29, 0.717) is 13.0 Å². The maximum Gasteiger partial charge on any atom is 0.307 e. The third kappa shape index (κ3) is 3.51. The highest BCUT2D eigenvalue weighted by Crippen LogP contribution is 2.38. The highest BCUT2D eigenvalue weighted by molar-refractivity contribution is 5.89. The predicted molar refractivity (Wildman–Crippen MR) is 60.9 cm³/mol. The molecule has 0 spiro atoms. The van der Waals surface area contributed by atoms with Gasteiger partial charge in [-0.15, -0.1) is 0 Å². The molecule has 1 rings (SSSR count). The number of hydrogen-bond donors (Lipinski definition) is 2. The molecule has 2 unspecified atom stereocenters. The normalized spacial score (nSPS) is 23.9. The molecule has 4 nitrogen and oxygen atoms in total. The topological polar surface area (TPSA) is 66.4 Å². The Morgan fingerprint density at radius 3 is 2.44 bits per heavy atom. The van der Waals surface area contributed by atoms with Crippen LogP contribution in [0.1, 0.15) is 40.0 Å². The number of carbonyl (C=O) groups excluding carboxylic acids is 1. The predicted octanol–water partition coefficient (Wildman–Crippen LogP) is 1.65. The molecule has 0 heterocycles. The van der Waals surface area contributed by atoms with Crippen LogP contribution in [0.25, 0.3) is 0 Å². The van der Waals surface area contributed by atoms with Crippen LogP contribution in [0.5, 0.6) is 0 Å². The summed E-state index contributed by atoms with van der Waals surface area (Å²) in [6, 6.07) is 0. The summed E-state index contributed by atoms with van der Waals surface area (Å²) in [4.78, 5) is 22.2. The van der Waals surface area contributed by atoms with Gasteiger partial charge in [0.2, 0.25) is 5.91 Å². The van der Waals surface area contributed by atoms with Gasteiger partial charge in [0, 0.05) is 6.54 Å². The number of amides is 1. The van der Waals surface area contributed by atoms with E-state index in [0.717, 1.165) is 12.8 Å². The van der Waals surface area contributed by atoms with Gasteiger partial charge in [0.05, 0.1) is 11.8 Å². The van der Waals surface area contributed by atoms with Crippen molar-refractivity contribution in [3.8, 4) is 0 Å². The molecule has 1 amide bonds. The molecule has 0 saturated heterocycles. The van der Waals surface area contributed by atoms with Gasteiger partial charge >= 0.3 is 5.97 Å². The molecule has 0 aromatic heterocycles. The minimum absolute atomic E-state index is 0.0953. The quantitative estimate of drug-likeness (QED) is 0.725. The first kappa shape index (κ1) is 13.0. The van der Waals surface area contributed by atoms with Crippen LogP contribution in [-0.4, -0.2) is 23.5 Å². The second kappa shape index (κ2) is 4.85. The maximum atomic E-state index is 11.6. The van der Waals surface area contributed by atoms with Crippen LogP contribution in [0.3, 0.4) is 0 Å². The fraction of sp³-hybridized carbons (Fsp3) is 0.833. The van der Waals surface area contributed by atoms with Crippen LogP contribution in [0.15, 0.2) is 0 Å². The summed E-state index contributed by atoms with van der Waals surface area (Å²) in [7, 11) is 0. The van der Waals surface area contributed by atoms with Crippen molar-refractivity contribution in [3.63, 3.8) is 0 Å². The van der Waals surface area contributed by atoms with Crippen molar-refractivity contribution in [2.24, 2.45) is 17.3 Å². The van der Waals surface area contributed by atoms with Gasteiger partial charge in [-0.1, -0.05) is 27.2 Å². The van der Waals surface area contributed by atoms with E-state index in [4.69, 9.17) is 5.11 Å². The lowest BCUT2D eigenvalue weighted by Crippen LogP contribution is -2.35. The summed E-state index contributed by atoms with van der Waals surface area (Å²) >= 11 is 0. The Morgan fingerprint density at radius 2 is 2.00 bits per heavy atom. The average molecular weight is 227 g/mol. The Hall–Kier alpha value is -1.06. The zero-order valence-electron chi connectivity index (χ0n) is 10.2. The van der Waals surface area contributed by atoms with Crippen molar-refractivity contribution in [2.45, 2.75) is 40.0 Å². The minimum atomic E-state index is -0.854. The van der Waals surface area contributed by atoms with Gasteiger partial charge in [-0.3, -0.25) is 9.59 Å². The molecule has 2 N–H and O–H groups in total. The Kier molecular flexibility index (Phi) is 3.94. The lowest BCUT2D eigenvalue weighted by atomic mass is 9.88. The molecule has 0 bridgehead atoms. The van der Waals surface area contributed by atoms with Crippen LogP contribution in [0.4, 0.5) is 0 Å². The van der Waals surface area contributed by atoms with Crippen LogP contribution >= 0.6 is 0 Å². The number of carboxylic acids is 1. The fourth-order valence-electron chi connectivity index (χ4n) is 1.98. The Balaban J connectivity index is 2.29. The van der Waals surface area contributed by atoms with Crippen LogP contribution in [-0.2, 0) is 9.59 Å². The summed E-state index contributed by atoms with van der Waals surface area (Å²) in [5.74, 6) is -1.70. The van der Waals surface area contributed by atoms with Gasteiger partial charge in [-0.05, 0) is 18.3 Å². The third-order valence-corrected chi connectivity index (χ3v) is 3.11. The van der Waals surface area contributed by atoms with Gasteiger partial charge < -0.3 is 10.4 Å². The lowest BCUT2D eigenvalue weighted by molar-refractivity contribution is -0.140.